The summed E-state index contributed by atoms with van der Waals surface area (Å²) in [6.07, 6.45) is 3.56. The first-order valence-corrected chi connectivity index (χ1v) is 5.10. The standard InChI is InChI=1S/C11H22O2/c1-5-6-7-8-11(3,4)10(13)9(2)12/h10,13H,5-8H2,1-4H3. The van der Waals surface area contributed by atoms with E-state index in [2.05, 4.69) is 6.92 Å². The van der Waals surface area contributed by atoms with Gasteiger partial charge >= 0.3 is 0 Å². The molecule has 0 aromatic carbocycles. The third-order valence-corrected chi connectivity index (χ3v) is 2.55. The minimum atomic E-state index is -0.802. The number of hydrogen-bond acceptors (Lipinski definition) is 2. The zero-order valence-corrected chi connectivity index (χ0v) is 9.26. The monoisotopic (exact) mass is 186 g/mol. The highest BCUT2D eigenvalue weighted by Crippen LogP contribution is 2.28. The Morgan fingerprint density at radius 2 is 1.92 bits per heavy atom. The van der Waals surface area contributed by atoms with Crippen molar-refractivity contribution in [2.75, 3.05) is 0 Å². The first-order valence-electron chi connectivity index (χ1n) is 5.10. The Kier molecular flexibility index (Phi) is 5.23. The van der Waals surface area contributed by atoms with E-state index in [0.717, 1.165) is 12.8 Å². The SMILES string of the molecule is CCCCCC(C)(C)C(O)C(C)=O. The van der Waals surface area contributed by atoms with Crippen LogP contribution in [0.4, 0.5) is 0 Å². The predicted octanol–water partition coefficient (Wildman–Crippen LogP) is 2.54. The van der Waals surface area contributed by atoms with Crippen LogP contribution in [-0.2, 0) is 4.79 Å². The molecular weight excluding hydrogens is 164 g/mol. The number of carbonyl (C=O) groups excluding carboxylic acids is 1. The molecule has 0 aromatic rings. The van der Waals surface area contributed by atoms with Gasteiger partial charge in [0.05, 0.1) is 0 Å². The molecule has 0 amide bonds. The molecule has 0 aliphatic rings. The lowest BCUT2D eigenvalue weighted by molar-refractivity contribution is -0.131. The largest absolute Gasteiger partial charge is 0.385 e. The average Bonchev–Trinajstić information content (AvgIpc) is 2.03. The maximum atomic E-state index is 11.0. The van der Waals surface area contributed by atoms with Gasteiger partial charge < -0.3 is 5.11 Å². The molecule has 0 heterocycles. The molecule has 0 spiro atoms. The number of unbranched alkanes of at least 4 members (excludes halogenated alkanes) is 2. The summed E-state index contributed by atoms with van der Waals surface area (Å²) in [4.78, 5) is 11.0. The molecule has 13 heavy (non-hydrogen) atoms. The second kappa shape index (κ2) is 5.38. The number of Topliss-reactive ketones (excluding diaryl/α,β-unsaturated/α-hetero) is 1. The van der Waals surface area contributed by atoms with E-state index in [1.807, 2.05) is 13.8 Å². The van der Waals surface area contributed by atoms with E-state index in [9.17, 15) is 9.90 Å². The van der Waals surface area contributed by atoms with Gasteiger partial charge in [-0.05, 0) is 18.8 Å². The molecule has 1 unspecified atom stereocenters. The van der Waals surface area contributed by atoms with Crippen molar-refractivity contribution in [3.05, 3.63) is 0 Å². The predicted molar refractivity (Wildman–Crippen MR) is 54.6 cm³/mol. The first kappa shape index (κ1) is 12.6. The van der Waals surface area contributed by atoms with Crippen LogP contribution in [0.5, 0.6) is 0 Å². The third-order valence-electron chi connectivity index (χ3n) is 2.55. The van der Waals surface area contributed by atoms with E-state index in [4.69, 9.17) is 0 Å². The van der Waals surface area contributed by atoms with Gasteiger partial charge in [0.15, 0.2) is 5.78 Å². The van der Waals surface area contributed by atoms with E-state index in [0.29, 0.717) is 0 Å². The summed E-state index contributed by atoms with van der Waals surface area (Å²) in [7, 11) is 0. The van der Waals surface area contributed by atoms with Gasteiger partial charge in [-0.25, -0.2) is 0 Å². The van der Waals surface area contributed by atoms with Crippen LogP contribution in [0.3, 0.4) is 0 Å². The number of rotatable bonds is 6. The fourth-order valence-corrected chi connectivity index (χ4v) is 1.52. The highest BCUT2D eigenvalue weighted by atomic mass is 16.3. The van der Waals surface area contributed by atoms with Gasteiger partial charge in [-0.15, -0.1) is 0 Å². The normalized spacial score (nSPS) is 14.2. The molecule has 1 N–H and O–H groups in total. The molecule has 0 bridgehead atoms. The zero-order chi connectivity index (χ0) is 10.5. The van der Waals surface area contributed by atoms with Crippen molar-refractivity contribution in [1.82, 2.24) is 0 Å². The van der Waals surface area contributed by atoms with Gasteiger partial charge in [0.25, 0.3) is 0 Å². The van der Waals surface area contributed by atoms with E-state index in [-0.39, 0.29) is 11.2 Å². The number of ketones is 1. The van der Waals surface area contributed by atoms with Crippen LogP contribution in [0.15, 0.2) is 0 Å². The molecular formula is C11H22O2. The van der Waals surface area contributed by atoms with Crippen molar-refractivity contribution >= 4 is 5.78 Å². The fourth-order valence-electron chi connectivity index (χ4n) is 1.52. The summed E-state index contributed by atoms with van der Waals surface area (Å²) in [6, 6.07) is 0. The number of aliphatic hydroxyl groups is 1. The number of aliphatic hydroxyl groups excluding tert-OH is 1. The second-order valence-corrected chi connectivity index (χ2v) is 4.46. The molecule has 1 atom stereocenters. The van der Waals surface area contributed by atoms with Crippen LogP contribution >= 0.6 is 0 Å². The number of hydrogen-bond donors (Lipinski definition) is 1. The number of carbonyl (C=O) groups is 1. The van der Waals surface area contributed by atoms with Crippen LogP contribution in [0.25, 0.3) is 0 Å². The van der Waals surface area contributed by atoms with Crippen LogP contribution < -0.4 is 0 Å². The van der Waals surface area contributed by atoms with Gasteiger partial charge in [0.2, 0.25) is 0 Å². The lowest BCUT2D eigenvalue weighted by Crippen LogP contribution is -2.35. The highest BCUT2D eigenvalue weighted by Gasteiger charge is 2.30. The topological polar surface area (TPSA) is 37.3 Å². The summed E-state index contributed by atoms with van der Waals surface area (Å²) >= 11 is 0. The summed E-state index contributed by atoms with van der Waals surface area (Å²) in [6.45, 7) is 7.50. The molecule has 0 fully saturated rings. The van der Waals surface area contributed by atoms with Crippen molar-refractivity contribution in [2.24, 2.45) is 5.41 Å². The fraction of sp³-hybridized carbons (Fsp3) is 0.909. The lowest BCUT2D eigenvalue weighted by atomic mass is 9.80. The quantitative estimate of drug-likeness (QED) is 0.647. The highest BCUT2D eigenvalue weighted by molar-refractivity contribution is 5.80. The van der Waals surface area contributed by atoms with Crippen molar-refractivity contribution in [3.8, 4) is 0 Å². The van der Waals surface area contributed by atoms with Gasteiger partial charge in [-0.3, -0.25) is 4.79 Å². The molecule has 0 radical (unpaired) electrons. The first-order chi connectivity index (χ1) is 5.91. The molecule has 2 heteroatoms. The maximum Gasteiger partial charge on any atom is 0.158 e. The van der Waals surface area contributed by atoms with Gasteiger partial charge in [0, 0.05) is 0 Å². The third kappa shape index (κ3) is 4.41. The maximum absolute atomic E-state index is 11.0. The van der Waals surface area contributed by atoms with E-state index < -0.39 is 6.10 Å². The van der Waals surface area contributed by atoms with Gasteiger partial charge in [-0.2, -0.15) is 0 Å². The molecule has 0 rings (SSSR count). The van der Waals surface area contributed by atoms with Crippen LogP contribution in [0.2, 0.25) is 0 Å². The minimum Gasteiger partial charge on any atom is -0.385 e. The Morgan fingerprint density at radius 1 is 1.38 bits per heavy atom. The molecule has 0 aromatic heterocycles. The Hall–Kier alpha value is -0.370. The van der Waals surface area contributed by atoms with Crippen molar-refractivity contribution < 1.29 is 9.90 Å². The van der Waals surface area contributed by atoms with Crippen molar-refractivity contribution in [2.45, 2.75) is 59.5 Å². The summed E-state index contributed by atoms with van der Waals surface area (Å²) in [5.74, 6) is -0.124. The molecule has 2 nitrogen and oxygen atoms in total. The Balaban J connectivity index is 3.98. The zero-order valence-electron chi connectivity index (χ0n) is 9.26. The average molecular weight is 186 g/mol. The Labute approximate surface area is 81.3 Å². The summed E-state index contributed by atoms with van der Waals surface area (Å²) in [5.41, 5.74) is -0.263. The van der Waals surface area contributed by atoms with Gasteiger partial charge in [-0.1, -0.05) is 40.0 Å². The molecule has 0 aliphatic heterocycles. The van der Waals surface area contributed by atoms with Crippen molar-refractivity contribution in [3.63, 3.8) is 0 Å². The second-order valence-electron chi connectivity index (χ2n) is 4.46. The van der Waals surface area contributed by atoms with Crippen molar-refractivity contribution in [1.29, 1.82) is 0 Å². The van der Waals surface area contributed by atoms with E-state index in [1.165, 1.54) is 19.8 Å². The molecule has 78 valence electrons. The molecule has 0 saturated carbocycles. The minimum absolute atomic E-state index is 0.124. The van der Waals surface area contributed by atoms with E-state index in [1.54, 1.807) is 0 Å². The van der Waals surface area contributed by atoms with Crippen LogP contribution in [-0.4, -0.2) is 17.0 Å². The lowest BCUT2D eigenvalue weighted by Gasteiger charge is -2.28. The Bertz CT molecular complexity index is 161. The molecule has 0 aliphatic carbocycles. The Morgan fingerprint density at radius 3 is 2.31 bits per heavy atom. The van der Waals surface area contributed by atoms with Crippen LogP contribution in [0.1, 0.15) is 53.4 Å². The summed E-state index contributed by atoms with van der Waals surface area (Å²) < 4.78 is 0. The molecule has 0 saturated heterocycles. The van der Waals surface area contributed by atoms with Crippen LogP contribution in [0, 0.1) is 5.41 Å². The van der Waals surface area contributed by atoms with E-state index >= 15 is 0 Å². The van der Waals surface area contributed by atoms with Gasteiger partial charge in [0.1, 0.15) is 6.10 Å². The summed E-state index contributed by atoms with van der Waals surface area (Å²) in [5, 5.41) is 9.60. The smallest absolute Gasteiger partial charge is 0.158 e.